The van der Waals surface area contributed by atoms with Gasteiger partial charge in [0.25, 0.3) is 5.91 Å². The van der Waals surface area contributed by atoms with Crippen LogP contribution in [0, 0.1) is 29.6 Å². The highest BCUT2D eigenvalue weighted by atomic mass is 35.5. The van der Waals surface area contributed by atoms with Crippen LogP contribution in [0.5, 0.6) is 5.75 Å². The van der Waals surface area contributed by atoms with E-state index in [-0.39, 0.29) is 28.7 Å². The molecule has 11 heteroatoms. The second-order valence-corrected chi connectivity index (χ2v) is 18.0. The van der Waals surface area contributed by atoms with Crippen molar-refractivity contribution in [2.75, 3.05) is 64.6 Å². The number of halogens is 1. The lowest BCUT2D eigenvalue weighted by atomic mass is 9.64. The van der Waals surface area contributed by atoms with Crippen molar-refractivity contribution in [2.45, 2.75) is 75.1 Å². The molecule has 1 saturated carbocycles. The predicted molar refractivity (Wildman–Crippen MR) is 205 cm³/mol. The number of nitrogens with one attached hydrogen (secondary N) is 1. The van der Waals surface area contributed by atoms with Crippen LogP contribution in [-0.2, 0) is 31.3 Å². The Morgan fingerprint density at radius 2 is 1.94 bits per heavy atom. The Labute approximate surface area is 314 Å². The summed E-state index contributed by atoms with van der Waals surface area (Å²) in [5.74, 6) is 7.30. The standard InChI is InChI=1S/C41H52ClN3O6S/c1-29-8-6-18-41(49-3,17-4-5-19-44-20-22-50-23-21-44)36-13-10-33(36)26-45-27-40(16-7-9-31-24-34(42)12-14-35(31)40)28-51-38-15-11-32(25-37(38)45)39(46)43-52(47,48)30(29)2/h6,11-12,14-15,18,24-25,29-30,33,36H,5,7-10,13,16,19-23,26-28H2,1-3H3,(H,43,46)/b18-6-/t29-,30+,33-,36+,40-,41-/m0/s1. The zero-order valence-electron chi connectivity index (χ0n) is 30.7. The van der Waals surface area contributed by atoms with Gasteiger partial charge in [0.2, 0.25) is 10.0 Å². The number of methoxy groups -OCH3 is 1. The van der Waals surface area contributed by atoms with Gasteiger partial charge in [0.05, 0.1) is 30.8 Å². The minimum atomic E-state index is -3.97. The average Bonchev–Trinajstić information content (AvgIpc) is 3.27. The van der Waals surface area contributed by atoms with Crippen LogP contribution in [0.15, 0.2) is 48.6 Å². The van der Waals surface area contributed by atoms with Crippen molar-refractivity contribution < 1.29 is 27.4 Å². The molecule has 52 heavy (non-hydrogen) atoms. The molecule has 1 amide bonds. The number of aryl methyl sites for hydroxylation is 1. The van der Waals surface area contributed by atoms with Gasteiger partial charge in [-0.05, 0) is 105 Å². The van der Waals surface area contributed by atoms with E-state index in [0.717, 1.165) is 88.6 Å². The Balaban J connectivity index is 1.28. The first-order chi connectivity index (χ1) is 25.0. The second-order valence-electron chi connectivity index (χ2n) is 15.5. The van der Waals surface area contributed by atoms with E-state index < -0.39 is 26.8 Å². The van der Waals surface area contributed by atoms with Gasteiger partial charge in [-0.2, -0.15) is 0 Å². The third-order valence-corrected chi connectivity index (χ3v) is 14.5. The number of morpholine rings is 1. The van der Waals surface area contributed by atoms with Gasteiger partial charge in [-0.3, -0.25) is 9.69 Å². The largest absolute Gasteiger partial charge is 0.490 e. The summed E-state index contributed by atoms with van der Waals surface area (Å²) < 4.78 is 48.1. The maximum absolute atomic E-state index is 13.6. The van der Waals surface area contributed by atoms with Gasteiger partial charge in [-0.1, -0.05) is 42.5 Å². The molecular formula is C41H52ClN3O6S. The Hall–Kier alpha value is -3.07. The summed E-state index contributed by atoms with van der Waals surface area (Å²) in [5, 5.41) is -0.0670. The van der Waals surface area contributed by atoms with E-state index in [0.29, 0.717) is 25.3 Å². The van der Waals surface area contributed by atoms with Crippen molar-refractivity contribution in [3.63, 3.8) is 0 Å². The molecule has 2 aromatic rings. The first kappa shape index (κ1) is 37.3. The van der Waals surface area contributed by atoms with E-state index in [9.17, 15) is 13.2 Å². The molecule has 1 spiro atoms. The third kappa shape index (κ3) is 7.50. The van der Waals surface area contributed by atoms with Crippen LogP contribution in [0.2, 0.25) is 5.02 Å². The van der Waals surface area contributed by atoms with Crippen LogP contribution in [-0.4, -0.2) is 89.7 Å². The smallest absolute Gasteiger partial charge is 0.264 e. The number of rotatable bonds is 3. The molecule has 0 unspecified atom stereocenters. The lowest BCUT2D eigenvalue weighted by Crippen LogP contribution is -2.52. The highest BCUT2D eigenvalue weighted by molar-refractivity contribution is 7.90. The SMILES string of the molecule is CO[C@@]1(C#CCCN2CCOCC2)/C=C\C[C@H](C)[C@@H](C)S(=O)(=O)NC(=O)c2ccc3c(c2)N(C[C@@H]2CC[C@H]21)C[C@@]1(CCCc2cc(Cl)ccc21)CO3. The first-order valence-corrected chi connectivity index (χ1v) is 20.8. The normalized spacial score (nSPS) is 32.5. The number of ether oxygens (including phenoxy) is 3. The van der Waals surface area contributed by atoms with Crippen LogP contribution < -0.4 is 14.4 Å². The quantitative estimate of drug-likeness (QED) is 0.302. The number of nitrogens with zero attached hydrogens (tertiary/aromatic N) is 2. The van der Waals surface area contributed by atoms with Crippen LogP contribution in [0.1, 0.15) is 73.9 Å². The molecule has 0 radical (unpaired) electrons. The van der Waals surface area contributed by atoms with Gasteiger partial charge in [0.1, 0.15) is 11.4 Å². The number of hydrogen-bond donors (Lipinski definition) is 1. The molecule has 280 valence electrons. The van der Waals surface area contributed by atoms with Gasteiger partial charge in [-0.25, -0.2) is 13.1 Å². The Bertz CT molecular complexity index is 1850. The summed E-state index contributed by atoms with van der Waals surface area (Å²) in [4.78, 5) is 18.4. The second kappa shape index (κ2) is 15.3. The van der Waals surface area contributed by atoms with Crippen LogP contribution in [0.25, 0.3) is 0 Å². The molecule has 9 nitrogen and oxygen atoms in total. The fraction of sp³-hybridized carbons (Fsp3) is 0.585. The summed E-state index contributed by atoms with van der Waals surface area (Å²) in [6.45, 7) is 9.70. The van der Waals surface area contributed by atoms with E-state index in [1.165, 1.54) is 11.1 Å². The van der Waals surface area contributed by atoms with Crippen molar-refractivity contribution in [1.82, 2.24) is 9.62 Å². The number of amides is 1. The van der Waals surface area contributed by atoms with Crippen molar-refractivity contribution in [3.8, 4) is 17.6 Å². The number of benzene rings is 2. The fourth-order valence-corrected chi connectivity index (χ4v) is 10.4. The summed E-state index contributed by atoms with van der Waals surface area (Å²) in [6.07, 6.45) is 10.3. The van der Waals surface area contributed by atoms with Crippen molar-refractivity contribution >= 4 is 33.2 Å². The summed E-state index contributed by atoms with van der Waals surface area (Å²) in [5.41, 5.74) is 2.51. The topological polar surface area (TPSA) is 97.4 Å². The third-order valence-electron chi connectivity index (χ3n) is 12.4. The number of carbonyl (C=O) groups is 1. The molecule has 2 bridgehead atoms. The van der Waals surface area contributed by atoms with Gasteiger partial charge < -0.3 is 19.1 Å². The number of anilines is 1. The lowest BCUT2D eigenvalue weighted by molar-refractivity contribution is -0.0351. The number of hydrogen-bond acceptors (Lipinski definition) is 8. The van der Waals surface area contributed by atoms with Crippen LogP contribution in [0.4, 0.5) is 5.69 Å². The number of fused-ring (bicyclic) bond motifs is 4. The molecule has 2 aromatic carbocycles. The first-order valence-electron chi connectivity index (χ1n) is 18.9. The van der Waals surface area contributed by atoms with Crippen molar-refractivity contribution in [2.24, 2.45) is 17.8 Å². The van der Waals surface area contributed by atoms with E-state index in [1.807, 2.05) is 31.2 Å². The van der Waals surface area contributed by atoms with E-state index in [2.05, 4.69) is 44.6 Å². The molecule has 6 atom stereocenters. The Morgan fingerprint density at radius 1 is 1.12 bits per heavy atom. The number of sulfonamides is 1. The molecule has 5 aliphatic rings. The van der Waals surface area contributed by atoms with Crippen LogP contribution in [0.3, 0.4) is 0 Å². The molecule has 2 fully saturated rings. The summed E-state index contributed by atoms with van der Waals surface area (Å²) in [6, 6.07) is 11.5. The minimum absolute atomic E-state index is 0.126. The van der Waals surface area contributed by atoms with Crippen molar-refractivity contribution in [1.29, 1.82) is 0 Å². The predicted octanol–water partition coefficient (Wildman–Crippen LogP) is 5.99. The van der Waals surface area contributed by atoms with Gasteiger partial charge in [-0.15, -0.1) is 0 Å². The van der Waals surface area contributed by atoms with Crippen molar-refractivity contribution in [3.05, 3.63) is 70.3 Å². The molecule has 1 N–H and O–H groups in total. The molecule has 1 saturated heterocycles. The average molecular weight is 750 g/mol. The zero-order chi connectivity index (χ0) is 36.5. The molecular weight excluding hydrogens is 698 g/mol. The molecule has 3 heterocycles. The van der Waals surface area contributed by atoms with Crippen LogP contribution >= 0.6 is 11.6 Å². The van der Waals surface area contributed by atoms with E-state index >= 15 is 0 Å². The fourth-order valence-electron chi connectivity index (χ4n) is 8.89. The molecule has 0 aromatic heterocycles. The van der Waals surface area contributed by atoms with Gasteiger partial charge in [0.15, 0.2) is 0 Å². The van der Waals surface area contributed by atoms with E-state index in [4.69, 9.17) is 25.8 Å². The highest BCUT2D eigenvalue weighted by Gasteiger charge is 2.48. The highest BCUT2D eigenvalue weighted by Crippen LogP contribution is 2.49. The summed E-state index contributed by atoms with van der Waals surface area (Å²) in [7, 11) is -2.22. The Morgan fingerprint density at radius 3 is 2.71 bits per heavy atom. The van der Waals surface area contributed by atoms with Gasteiger partial charge >= 0.3 is 0 Å². The lowest BCUT2D eigenvalue weighted by Gasteiger charge is -2.48. The Kier molecular flexibility index (Phi) is 11.0. The van der Waals surface area contributed by atoms with E-state index in [1.54, 1.807) is 20.1 Å². The maximum Gasteiger partial charge on any atom is 0.264 e. The minimum Gasteiger partial charge on any atom is -0.490 e. The maximum atomic E-state index is 13.6. The molecule has 7 rings (SSSR count). The number of allylic oxidation sites excluding steroid dienone is 1. The molecule has 3 aliphatic heterocycles. The zero-order valence-corrected chi connectivity index (χ0v) is 32.2. The number of carbonyl (C=O) groups excluding carboxylic acids is 1. The molecule has 2 aliphatic carbocycles. The summed E-state index contributed by atoms with van der Waals surface area (Å²) >= 11 is 6.48. The van der Waals surface area contributed by atoms with Gasteiger partial charge in [0, 0.05) is 68.2 Å². The monoisotopic (exact) mass is 749 g/mol.